The summed E-state index contributed by atoms with van der Waals surface area (Å²) < 4.78 is 0. The van der Waals surface area contributed by atoms with Crippen LogP contribution in [0.5, 0.6) is 0 Å². The van der Waals surface area contributed by atoms with Crippen molar-refractivity contribution in [2.75, 3.05) is 20.1 Å². The molecule has 0 aromatic heterocycles. The molecule has 2 N–H and O–H groups in total. The molecule has 1 aliphatic heterocycles. The highest BCUT2D eigenvalue weighted by Gasteiger charge is 2.36. The molecule has 21 heavy (non-hydrogen) atoms. The lowest BCUT2D eigenvalue weighted by atomic mass is 9.69. The molecule has 0 radical (unpaired) electrons. The molecule has 1 fully saturated rings. The second-order valence-corrected chi connectivity index (χ2v) is 6.80. The van der Waals surface area contributed by atoms with Gasteiger partial charge in [0.15, 0.2) is 0 Å². The van der Waals surface area contributed by atoms with Crippen molar-refractivity contribution in [3.63, 3.8) is 0 Å². The van der Waals surface area contributed by atoms with E-state index in [4.69, 9.17) is 5.21 Å². The van der Waals surface area contributed by atoms with E-state index in [1.165, 1.54) is 49.9 Å². The Morgan fingerprint density at radius 2 is 2.14 bits per heavy atom. The summed E-state index contributed by atoms with van der Waals surface area (Å²) in [7, 11) is 2.23. The first-order valence-corrected chi connectivity index (χ1v) is 7.87. The Bertz CT molecular complexity index is 544. The minimum Gasteiger partial charge on any atom is -0.306 e. The number of carbonyl (C=O) groups excluding carboxylic acids is 1. The van der Waals surface area contributed by atoms with Gasteiger partial charge in [0.2, 0.25) is 0 Å². The predicted molar refractivity (Wildman–Crippen MR) is 81.5 cm³/mol. The zero-order valence-corrected chi connectivity index (χ0v) is 12.7. The van der Waals surface area contributed by atoms with E-state index in [9.17, 15) is 4.79 Å². The second kappa shape index (κ2) is 5.78. The summed E-state index contributed by atoms with van der Waals surface area (Å²) >= 11 is 0. The van der Waals surface area contributed by atoms with Gasteiger partial charge in [-0.25, -0.2) is 5.48 Å². The number of nitrogens with one attached hydrogen (secondary N) is 1. The van der Waals surface area contributed by atoms with Crippen LogP contribution in [0, 0.1) is 5.41 Å². The molecule has 1 aliphatic carbocycles. The number of carbonyl (C=O) groups is 1. The van der Waals surface area contributed by atoms with Gasteiger partial charge in [0.1, 0.15) is 0 Å². The van der Waals surface area contributed by atoms with Crippen LogP contribution in [-0.4, -0.2) is 36.2 Å². The van der Waals surface area contributed by atoms with Gasteiger partial charge in [-0.3, -0.25) is 10.0 Å². The van der Waals surface area contributed by atoms with Gasteiger partial charge < -0.3 is 4.90 Å². The average molecular weight is 288 g/mol. The highest BCUT2D eigenvalue weighted by molar-refractivity contribution is 5.93. The van der Waals surface area contributed by atoms with E-state index in [1.807, 2.05) is 12.1 Å². The number of rotatable bonds is 1. The highest BCUT2D eigenvalue weighted by Crippen LogP contribution is 2.41. The molecule has 1 saturated heterocycles. The summed E-state index contributed by atoms with van der Waals surface area (Å²) in [6, 6.07) is 5.84. The molecular weight excluding hydrogens is 264 g/mol. The number of nitrogens with zero attached hydrogens (tertiary/aromatic N) is 1. The van der Waals surface area contributed by atoms with Crippen LogP contribution < -0.4 is 5.48 Å². The third kappa shape index (κ3) is 2.97. The molecule has 114 valence electrons. The van der Waals surface area contributed by atoms with E-state index in [0.717, 1.165) is 12.8 Å². The lowest BCUT2D eigenvalue weighted by molar-refractivity contribution is 0.0706. The van der Waals surface area contributed by atoms with Crippen LogP contribution in [0.3, 0.4) is 0 Å². The average Bonchev–Trinajstić information content (AvgIpc) is 2.67. The Balaban J connectivity index is 1.83. The maximum Gasteiger partial charge on any atom is 0.274 e. The first kappa shape index (κ1) is 14.5. The summed E-state index contributed by atoms with van der Waals surface area (Å²) in [6.45, 7) is 2.40. The molecular formula is C17H24N2O2. The minimum absolute atomic E-state index is 0.416. The fraction of sp³-hybridized carbons (Fsp3) is 0.588. The van der Waals surface area contributed by atoms with Gasteiger partial charge in [0.05, 0.1) is 0 Å². The van der Waals surface area contributed by atoms with E-state index >= 15 is 0 Å². The van der Waals surface area contributed by atoms with Crippen LogP contribution in [0.15, 0.2) is 18.2 Å². The van der Waals surface area contributed by atoms with Crippen molar-refractivity contribution in [2.45, 2.75) is 38.5 Å². The quantitative estimate of drug-likeness (QED) is 0.616. The van der Waals surface area contributed by atoms with Crippen molar-refractivity contribution in [1.82, 2.24) is 10.4 Å². The molecule has 1 atom stereocenters. The van der Waals surface area contributed by atoms with E-state index < -0.39 is 5.91 Å². The SMILES string of the molecule is CN1CCCCC2(CCc3cc(C(=O)NO)ccc3C2)C1. The van der Waals surface area contributed by atoms with Gasteiger partial charge in [-0.05, 0) is 74.4 Å². The minimum atomic E-state index is -0.424. The van der Waals surface area contributed by atoms with Crippen molar-refractivity contribution in [1.29, 1.82) is 0 Å². The normalized spacial score (nSPS) is 26.2. The zero-order valence-electron chi connectivity index (χ0n) is 12.7. The summed E-state index contributed by atoms with van der Waals surface area (Å²) in [6.07, 6.45) is 7.30. The molecule has 1 spiro atoms. The van der Waals surface area contributed by atoms with Gasteiger partial charge in [0.25, 0.3) is 5.91 Å². The molecule has 1 aromatic carbocycles. The second-order valence-electron chi connectivity index (χ2n) is 6.80. The predicted octanol–water partition coefficient (Wildman–Crippen LogP) is 2.40. The Morgan fingerprint density at radius 3 is 2.95 bits per heavy atom. The fourth-order valence-corrected chi connectivity index (χ4v) is 4.09. The van der Waals surface area contributed by atoms with Crippen LogP contribution in [0.25, 0.3) is 0 Å². The van der Waals surface area contributed by atoms with Crippen molar-refractivity contribution in [3.05, 3.63) is 34.9 Å². The van der Waals surface area contributed by atoms with Crippen LogP contribution in [-0.2, 0) is 12.8 Å². The molecule has 0 bridgehead atoms. The summed E-state index contributed by atoms with van der Waals surface area (Å²) in [4.78, 5) is 14.0. The number of hydrogen-bond acceptors (Lipinski definition) is 3. The number of benzene rings is 1. The molecule has 4 heteroatoms. The fourth-order valence-electron chi connectivity index (χ4n) is 4.09. The maximum atomic E-state index is 11.5. The van der Waals surface area contributed by atoms with Crippen molar-refractivity contribution < 1.29 is 10.0 Å². The molecule has 4 nitrogen and oxygen atoms in total. The largest absolute Gasteiger partial charge is 0.306 e. The Kier molecular flexibility index (Phi) is 4.00. The Labute approximate surface area is 126 Å². The number of likely N-dealkylation sites (tertiary alicyclic amines) is 1. The monoisotopic (exact) mass is 288 g/mol. The van der Waals surface area contributed by atoms with Crippen molar-refractivity contribution >= 4 is 5.91 Å². The maximum absolute atomic E-state index is 11.5. The smallest absolute Gasteiger partial charge is 0.274 e. The topological polar surface area (TPSA) is 52.6 Å². The highest BCUT2D eigenvalue weighted by atomic mass is 16.5. The van der Waals surface area contributed by atoms with E-state index in [2.05, 4.69) is 18.0 Å². The van der Waals surface area contributed by atoms with Gasteiger partial charge in [0, 0.05) is 12.1 Å². The third-order valence-electron chi connectivity index (χ3n) is 5.16. The zero-order chi connectivity index (χ0) is 14.9. The Hall–Kier alpha value is -1.39. The van der Waals surface area contributed by atoms with Crippen LogP contribution in [0.1, 0.15) is 47.2 Å². The van der Waals surface area contributed by atoms with Crippen LogP contribution >= 0.6 is 0 Å². The number of hydroxylamine groups is 1. The Morgan fingerprint density at radius 1 is 1.29 bits per heavy atom. The summed E-state index contributed by atoms with van der Waals surface area (Å²) in [5.41, 5.74) is 5.33. The van der Waals surface area contributed by atoms with Gasteiger partial charge in [-0.2, -0.15) is 0 Å². The molecule has 1 heterocycles. The van der Waals surface area contributed by atoms with Crippen molar-refractivity contribution in [2.24, 2.45) is 5.41 Å². The molecule has 1 amide bonds. The lowest BCUT2D eigenvalue weighted by Crippen LogP contribution is -2.38. The summed E-state index contributed by atoms with van der Waals surface area (Å²) in [5.74, 6) is -0.424. The van der Waals surface area contributed by atoms with Gasteiger partial charge in [-0.1, -0.05) is 12.5 Å². The lowest BCUT2D eigenvalue weighted by Gasteiger charge is -2.39. The standard InChI is InChI=1S/C17H24N2O2/c1-19-9-3-2-7-17(12-19)8-6-13-10-14(16(20)18-21)4-5-15(13)11-17/h4-5,10,21H,2-3,6-9,11-12H2,1H3,(H,18,20). The molecule has 0 saturated carbocycles. The van der Waals surface area contributed by atoms with Crippen molar-refractivity contribution in [3.8, 4) is 0 Å². The van der Waals surface area contributed by atoms with E-state index in [-0.39, 0.29) is 0 Å². The first-order chi connectivity index (χ1) is 10.1. The number of aryl methyl sites for hydroxylation is 1. The van der Waals surface area contributed by atoms with Gasteiger partial charge in [-0.15, -0.1) is 0 Å². The molecule has 2 aliphatic rings. The number of hydrogen-bond donors (Lipinski definition) is 2. The number of amides is 1. The molecule has 1 aromatic rings. The summed E-state index contributed by atoms with van der Waals surface area (Å²) in [5, 5.41) is 8.75. The third-order valence-corrected chi connectivity index (χ3v) is 5.16. The van der Waals surface area contributed by atoms with Crippen LogP contribution in [0.4, 0.5) is 0 Å². The number of fused-ring (bicyclic) bond motifs is 1. The van der Waals surface area contributed by atoms with Crippen LogP contribution in [0.2, 0.25) is 0 Å². The van der Waals surface area contributed by atoms with Gasteiger partial charge >= 0.3 is 0 Å². The molecule has 1 unspecified atom stereocenters. The first-order valence-electron chi connectivity index (χ1n) is 7.87. The van der Waals surface area contributed by atoms with E-state index in [1.54, 1.807) is 5.48 Å². The van der Waals surface area contributed by atoms with E-state index in [0.29, 0.717) is 11.0 Å². The molecule has 3 rings (SSSR count).